The molecule has 0 unspecified atom stereocenters. The highest BCUT2D eigenvalue weighted by Gasteiger charge is 2.08. The molecule has 0 saturated heterocycles. The van der Waals surface area contributed by atoms with Gasteiger partial charge in [0.2, 0.25) is 0 Å². The zero-order valence-electron chi connectivity index (χ0n) is 7.70. The minimum Gasteiger partial charge on any atom is -0.245 e. The highest BCUT2D eigenvalue weighted by atomic mass is 79.9. The van der Waals surface area contributed by atoms with Crippen LogP contribution >= 0.6 is 39.0 Å². The van der Waals surface area contributed by atoms with Crippen LogP contribution in [-0.2, 0) is 0 Å². The van der Waals surface area contributed by atoms with Crippen molar-refractivity contribution in [2.24, 2.45) is 0 Å². The fraction of sp³-hybridized carbons (Fsp3) is 0.111. The van der Waals surface area contributed by atoms with Gasteiger partial charge < -0.3 is 0 Å². The van der Waals surface area contributed by atoms with E-state index in [0.29, 0.717) is 9.50 Å². The van der Waals surface area contributed by atoms with Crippen LogP contribution in [0.1, 0.15) is 5.69 Å². The van der Waals surface area contributed by atoms with Crippen molar-refractivity contribution in [3.05, 3.63) is 33.6 Å². The highest BCUT2D eigenvalue weighted by molar-refractivity contribution is 9.10. The summed E-state index contributed by atoms with van der Waals surface area (Å²) in [5, 5.41) is 2.28. The van der Waals surface area contributed by atoms with Gasteiger partial charge in [-0.2, -0.15) is 0 Å². The molecule has 2 aromatic rings. The summed E-state index contributed by atoms with van der Waals surface area (Å²) in [5.41, 5.74) is 0.944. The van der Waals surface area contributed by atoms with Gasteiger partial charge in [0.05, 0.1) is 0 Å². The molecule has 78 valence electrons. The minimum absolute atomic E-state index is 0.331. The van der Waals surface area contributed by atoms with Crippen LogP contribution in [0.15, 0.2) is 31.5 Å². The van der Waals surface area contributed by atoms with Gasteiger partial charge in [-0.25, -0.2) is 14.4 Å². The van der Waals surface area contributed by atoms with Crippen molar-refractivity contribution in [2.45, 2.75) is 16.3 Å². The number of aryl methyl sites for hydroxylation is 1. The van der Waals surface area contributed by atoms with E-state index in [0.717, 1.165) is 10.0 Å². The summed E-state index contributed by atoms with van der Waals surface area (Å²) in [6, 6.07) is 1.40. The number of rotatable bonds is 2. The number of thiazole rings is 1. The zero-order chi connectivity index (χ0) is 10.8. The Morgan fingerprint density at radius 2 is 2.33 bits per heavy atom. The van der Waals surface area contributed by atoms with E-state index in [9.17, 15) is 4.39 Å². The number of aromatic nitrogens is 2. The van der Waals surface area contributed by atoms with Crippen LogP contribution in [0.5, 0.6) is 0 Å². The summed E-state index contributed by atoms with van der Waals surface area (Å²) in [6.45, 7) is 1.91. The van der Waals surface area contributed by atoms with E-state index in [4.69, 9.17) is 0 Å². The summed E-state index contributed by atoms with van der Waals surface area (Å²) < 4.78 is 14.9. The van der Waals surface area contributed by atoms with Gasteiger partial charge in [0, 0.05) is 21.7 Å². The van der Waals surface area contributed by atoms with Crippen molar-refractivity contribution in [1.82, 2.24) is 9.97 Å². The molecular formula is C9H6BrFN2S2. The number of hydrogen-bond acceptors (Lipinski definition) is 4. The maximum Gasteiger partial charge on any atom is 0.156 e. The third-order valence-corrected chi connectivity index (χ3v) is 4.04. The van der Waals surface area contributed by atoms with Crippen molar-refractivity contribution in [3.63, 3.8) is 0 Å². The van der Waals surface area contributed by atoms with Gasteiger partial charge in [-0.3, -0.25) is 0 Å². The Morgan fingerprint density at radius 3 is 2.93 bits per heavy atom. The Labute approximate surface area is 103 Å². The van der Waals surface area contributed by atoms with Gasteiger partial charge in [0.1, 0.15) is 5.03 Å². The van der Waals surface area contributed by atoms with E-state index in [2.05, 4.69) is 25.9 Å². The number of pyridine rings is 1. The maximum absolute atomic E-state index is 13.4. The average molecular weight is 305 g/mol. The van der Waals surface area contributed by atoms with Crippen molar-refractivity contribution < 1.29 is 4.39 Å². The Balaban J connectivity index is 2.24. The molecule has 2 nitrogen and oxygen atoms in total. The molecule has 0 aliphatic carbocycles. The molecule has 0 amide bonds. The molecule has 15 heavy (non-hydrogen) atoms. The largest absolute Gasteiger partial charge is 0.245 e. The third kappa shape index (κ3) is 2.76. The Kier molecular flexibility index (Phi) is 3.38. The molecular weight excluding hydrogens is 299 g/mol. The molecule has 0 aliphatic rings. The summed E-state index contributed by atoms with van der Waals surface area (Å²) in [4.78, 5) is 8.22. The first-order chi connectivity index (χ1) is 7.15. The molecule has 0 spiro atoms. The van der Waals surface area contributed by atoms with Gasteiger partial charge >= 0.3 is 0 Å². The molecule has 2 aromatic heterocycles. The Hall–Kier alpha value is -0.460. The van der Waals surface area contributed by atoms with Gasteiger partial charge in [0.15, 0.2) is 10.2 Å². The molecule has 0 atom stereocenters. The van der Waals surface area contributed by atoms with Gasteiger partial charge in [-0.1, -0.05) is 0 Å². The molecule has 0 aliphatic heterocycles. The highest BCUT2D eigenvalue weighted by Crippen LogP contribution is 2.31. The van der Waals surface area contributed by atoms with E-state index in [1.165, 1.54) is 29.2 Å². The van der Waals surface area contributed by atoms with E-state index in [-0.39, 0.29) is 5.82 Å². The first-order valence-electron chi connectivity index (χ1n) is 4.06. The van der Waals surface area contributed by atoms with Gasteiger partial charge in [0.25, 0.3) is 0 Å². The van der Waals surface area contributed by atoms with E-state index in [1.807, 2.05) is 12.3 Å². The predicted octanol–water partition coefficient (Wildman–Crippen LogP) is 3.90. The summed E-state index contributed by atoms with van der Waals surface area (Å²) >= 11 is 5.90. The normalized spacial score (nSPS) is 10.6. The van der Waals surface area contributed by atoms with Crippen LogP contribution in [0.2, 0.25) is 0 Å². The van der Waals surface area contributed by atoms with Crippen LogP contribution in [0.4, 0.5) is 4.39 Å². The fourth-order valence-electron chi connectivity index (χ4n) is 0.939. The topological polar surface area (TPSA) is 25.8 Å². The lowest BCUT2D eigenvalue weighted by Gasteiger charge is -1.98. The monoisotopic (exact) mass is 304 g/mol. The lowest BCUT2D eigenvalue weighted by Crippen LogP contribution is -1.86. The fourth-order valence-corrected chi connectivity index (χ4v) is 2.95. The van der Waals surface area contributed by atoms with Crippen molar-refractivity contribution >= 4 is 39.0 Å². The second-order valence-electron chi connectivity index (χ2n) is 2.80. The standard InChI is InChI=1S/C9H6BrFN2S2/c1-5-4-14-9(13-5)15-8-7(11)2-6(10)3-12-8/h2-4H,1H3. The van der Waals surface area contributed by atoms with Crippen LogP contribution in [0.3, 0.4) is 0 Å². The van der Waals surface area contributed by atoms with Crippen molar-refractivity contribution in [3.8, 4) is 0 Å². The SMILES string of the molecule is Cc1csc(Sc2ncc(Br)cc2F)n1. The minimum atomic E-state index is -0.331. The van der Waals surface area contributed by atoms with Crippen LogP contribution in [0, 0.1) is 12.7 Å². The first-order valence-corrected chi connectivity index (χ1v) is 6.55. The van der Waals surface area contributed by atoms with Gasteiger partial charge in [-0.15, -0.1) is 11.3 Å². The smallest absolute Gasteiger partial charge is 0.156 e. The second kappa shape index (κ2) is 4.59. The molecule has 0 aromatic carbocycles. The quantitative estimate of drug-likeness (QED) is 0.841. The van der Waals surface area contributed by atoms with E-state index < -0.39 is 0 Å². The molecule has 2 heterocycles. The molecule has 0 radical (unpaired) electrons. The van der Waals surface area contributed by atoms with Gasteiger partial charge in [-0.05, 0) is 40.7 Å². The van der Waals surface area contributed by atoms with Crippen LogP contribution in [-0.4, -0.2) is 9.97 Å². The summed E-state index contributed by atoms with van der Waals surface area (Å²) in [5.74, 6) is -0.331. The number of hydrogen-bond donors (Lipinski definition) is 0. The summed E-state index contributed by atoms with van der Waals surface area (Å²) in [7, 11) is 0. The Bertz CT molecular complexity index is 487. The summed E-state index contributed by atoms with van der Waals surface area (Å²) in [6.07, 6.45) is 1.58. The third-order valence-electron chi connectivity index (χ3n) is 1.56. The second-order valence-corrected chi connectivity index (χ2v) is 5.81. The average Bonchev–Trinajstić information content (AvgIpc) is 2.56. The van der Waals surface area contributed by atoms with E-state index in [1.54, 1.807) is 6.20 Å². The molecule has 0 saturated carbocycles. The number of halogens is 2. The molecule has 6 heteroatoms. The van der Waals surface area contributed by atoms with E-state index >= 15 is 0 Å². The molecule has 0 N–H and O–H groups in total. The predicted molar refractivity (Wildman–Crippen MR) is 62.9 cm³/mol. The van der Waals surface area contributed by atoms with Crippen molar-refractivity contribution in [1.29, 1.82) is 0 Å². The molecule has 0 bridgehead atoms. The number of nitrogens with zero attached hydrogens (tertiary/aromatic N) is 2. The lowest BCUT2D eigenvalue weighted by molar-refractivity contribution is 0.586. The molecule has 0 fully saturated rings. The molecule has 2 rings (SSSR count). The van der Waals surface area contributed by atoms with Crippen LogP contribution in [0.25, 0.3) is 0 Å². The Morgan fingerprint density at radius 1 is 1.53 bits per heavy atom. The lowest BCUT2D eigenvalue weighted by atomic mass is 10.5. The maximum atomic E-state index is 13.4. The first kappa shape index (κ1) is 11.0. The van der Waals surface area contributed by atoms with Crippen LogP contribution < -0.4 is 0 Å². The van der Waals surface area contributed by atoms with Crippen molar-refractivity contribution in [2.75, 3.05) is 0 Å². The zero-order valence-corrected chi connectivity index (χ0v) is 10.9.